The van der Waals surface area contributed by atoms with Crippen LogP contribution in [0.4, 0.5) is 19.1 Å². The number of halogens is 3. The summed E-state index contributed by atoms with van der Waals surface area (Å²) in [5.74, 6) is -1.84. The van der Waals surface area contributed by atoms with E-state index in [9.17, 15) is 27.9 Å². The smallest absolute Gasteiger partial charge is 0.416 e. The Balaban J connectivity index is 2.43. The van der Waals surface area contributed by atoms with Gasteiger partial charge < -0.3 is 14.7 Å². The van der Waals surface area contributed by atoms with Crippen LogP contribution in [0, 0.1) is 0 Å². The molecule has 0 aliphatic heterocycles. The number of benzene rings is 1. The number of alkyl halides is 3. The van der Waals surface area contributed by atoms with Crippen LogP contribution in [0.3, 0.4) is 0 Å². The second-order valence-corrected chi connectivity index (χ2v) is 5.75. The number of anilines is 1. The van der Waals surface area contributed by atoms with Crippen LogP contribution < -0.4 is 15.2 Å². The molecule has 0 fully saturated rings. The first-order valence-electron chi connectivity index (χ1n) is 7.90. The fraction of sp³-hybridized carbons (Fsp3) is 0.353. The lowest BCUT2D eigenvalue weighted by Crippen LogP contribution is -2.31. The molecule has 2 rings (SSSR count). The SMILES string of the molecule is CCOc1c(C(=O)O)nc(N(C)Cc2cccc(C(F)(F)F)c2)n(C)c1=O. The first-order chi connectivity index (χ1) is 12.6. The predicted octanol–water partition coefficient (Wildman–Crippen LogP) is 2.53. The highest BCUT2D eigenvalue weighted by molar-refractivity contribution is 5.88. The number of hydrogen-bond acceptors (Lipinski definition) is 5. The van der Waals surface area contributed by atoms with Gasteiger partial charge in [0.25, 0.3) is 5.56 Å². The van der Waals surface area contributed by atoms with E-state index < -0.39 is 29.0 Å². The van der Waals surface area contributed by atoms with Crippen molar-refractivity contribution in [1.82, 2.24) is 9.55 Å². The molecule has 1 N–H and O–H groups in total. The van der Waals surface area contributed by atoms with E-state index in [1.807, 2.05) is 0 Å². The van der Waals surface area contributed by atoms with Gasteiger partial charge in [0.2, 0.25) is 11.7 Å². The molecular formula is C17H18F3N3O4. The molecule has 0 aliphatic rings. The molecule has 0 bridgehead atoms. The van der Waals surface area contributed by atoms with Gasteiger partial charge in [-0.05, 0) is 24.6 Å². The lowest BCUT2D eigenvalue weighted by atomic mass is 10.1. The highest BCUT2D eigenvalue weighted by Gasteiger charge is 2.30. The van der Waals surface area contributed by atoms with Gasteiger partial charge in [-0.25, -0.2) is 9.78 Å². The first-order valence-corrected chi connectivity index (χ1v) is 7.90. The second-order valence-electron chi connectivity index (χ2n) is 5.75. The van der Waals surface area contributed by atoms with E-state index in [0.717, 1.165) is 16.7 Å². The molecule has 1 heterocycles. The molecule has 2 aromatic rings. The molecule has 0 amide bonds. The number of carboxylic acids is 1. The second kappa shape index (κ2) is 7.68. The normalized spacial score (nSPS) is 11.3. The van der Waals surface area contributed by atoms with Crippen molar-refractivity contribution in [1.29, 1.82) is 0 Å². The third-order valence-electron chi connectivity index (χ3n) is 3.73. The summed E-state index contributed by atoms with van der Waals surface area (Å²) < 4.78 is 44.7. The number of hydrogen-bond donors (Lipinski definition) is 1. The molecule has 0 radical (unpaired) electrons. The molecular weight excluding hydrogens is 367 g/mol. The molecule has 0 aliphatic carbocycles. The maximum absolute atomic E-state index is 12.9. The monoisotopic (exact) mass is 385 g/mol. The van der Waals surface area contributed by atoms with E-state index in [4.69, 9.17) is 4.74 Å². The van der Waals surface area contributed by atoms with Crippen molar-refractivity contribution in [3.05, 3.63) is 51.4 Å². The van der Waals surface area contributed by atoms with Gasteiger partial charge in [-0.1, -0.05) is 12.1 Å². The molecule has 1 aromatic heterocycles. The molecule has 0 unspecified atom stereocenters. The molecule has 10 heteroatoms. The highest BCUT2D eigenvalue weighted by Crippen LogP contribution is 2.30. The van der Waals surface area contributed by atoms with E-state index in [-0.39, 0.29) is 24.8 Å². The van der Waals surface area contributed by atoms with E-state index >= 15 is 0 Å². The maximum atomic E-state index is 12.9. The van der Waals surface area contributed by atoms with Crippen molar-refractivity contribution in [2.75, 3.05) is 18.6 Å². The molecule has 0 saturated heterocycles. The van der Waals surface area contributed by atoms with E-state index in [2.05, 4.69) is 4.98 Å². The van der Waals surface area contributed by atoms with Crippen LogP contribution in [0.15, 0.2) is 29.1 Å². The maximum Gasteiger partial charge on any atom is 0.416 e. The standard InChI is InChI=1S/C17H18F3N3O4/c1-4-27-13-12(15(25)26)21-16(23(3)14(13)24)22(2)9-10-6-5-7-11(8-10)17(18,19)20/h5-8H,4,9H2,1-3H3,(H,25,26). The minimum Gasteiger partial charge on any atom is -0.486 e. The summed E-state index contributed by atoms with van der Waals surface area (Å²) >= 11 is 0. The Morgan fingerprint density at radius 2 is 2.04 bits per heavy atom. The molecule has 7 nitrogen and oxygen atoms in total. The van der Waals surface area contributed by atoms with Gasteiger partial charge in [-0.15, -0.1) is 0 Å². The van der Waals surface area contributed by atoms with Crippen molar-refractivity contribution in [3.8, 4) is 5.75 Å². The molecule has 0 saturated carbocycles. The Morgan fingerprint density at radius 1 is 1.37 bits per heavy atom. The van der Waals surface area contributed by atoms with E-state index in [1.54, 1.807) is 6.92 Å². The number of carboxylic acid groups (broad SMARTS) is 1. The Hall–Kier alpha value is -3.04. The van der Waals surface area contributed by atoms with Crippen molar-refractivity contribution < 1.29 is 27.8 Å². The molecule has 27 heavy (non-hydrogen) atoms. The van der Waals surface area contributed by atoms with Gasteiger partial charge in [-0.3, -0.25) is 9.36 Å². The molecule has 0 spiro atoms. The quantitative estimate of drug-likeness (QED) is 0.823. The summed E-state index contributed by atoms with van der Waals surface area (Å²) in [6, 6.07) is 4.72. The van der Waals surface area contributed by atoms with Crippen LogP contribution >= 0.6 is 0 Å². The third-order valence-corrected chi connectivity index (χ3v) is 3.73. The van der Waals surface area contributed by atoms with Gasteiger partial charge >= 0.3 is 12.1 Å². The zero-order valence-electron chi connectivity index (χ0n) is 14.9. The van der Waals surface area contributed by atoms with E-state index in [0.29, 0.717) is 5.56 Å². The minimum atomic E-state index is -4.48. The number of aromatic nitrogens is 2. The van der Waals surface area contributed by atoms with Gasteiger partial charge in [0.05, 0.1) is 12.2 Å². The average molecular weight is 385 g/mol. The van der Waals surface area contributed by atoms with Gasteiger partial charge in [-0.2, -0.15) is 13.2 Å². The first kappa shape index (κ1) is 20.3. The number of ether oxygens (including phenoxy) is 1. The Bertz CT molecular complexity index is 909. The summed E-state index contributed by atoms with van der Waals surface area (Å²) in [5, 5.41) is 9.30. The van der Waals surface area contributed by atoms with Crippen LogP contribution in [-0.2, 0) is 19.8 Å². The fourth-order valence-corrected chi connectivity index (χ4v) is 2.52. The van der Waals surface area contributed by atoms with Crippen LogP contribution in [0.25, 0.3) is 0 Å². The third kappa shape index (κ3) is 4.39. The largest absolute Gasteiger partial charge is 0.486 e. The van der Waals surface area contributed by atoms with Crippen LogP contribution in [0.1, 0.15) is 28.5 Å². The molecule has 1 aromatic carbocycles. The topological polar surface area (TPSA) is 84.7 Å². The summed E-state index contributed by atoms with van der Waals surface area (Å²) in [5.41, 5.74) is -1.72. The lowest BCUT2D eigenvalue weighted by Gasteiger charge is -2.22. The van der Waals surface area contributed by atoms with Crippen LogP contribution in [0.2, 0.25) is 0 Å². The van der Waals surface area contributed by atoms with Crippen molar-refractivity contribution in [3.63, 3.8) is 0 Å². The molecule has 0 atom stereocenters. The van der Waals surface area contributed by atoms with Gasteiger partial charge in [0, 0.05) is 20.6 Å². The average Bonchev–Trinajstić information content (AvgIpc) is 2.58. The summed E-state index contributed by atoms with van der Waals surface area (Å²) in [6.45, 7) is 1.66. The van der Waals surface area contributed by atoms with Crippen LogP contribution in [-0.4, -0.2) is 34.3 Å². The summed E-state index contributed by atoms with van der Waals surface area (Å²) in [4.78, 5) is 29.2. The fourth-order valence-electron chi connectivity index (χ4n) is 2.52. The summed E-state index contributed by atoms with van der Waals surface area (Å²) in [7, 11) is 2.87. The Morgan fingerprint density at radius 3 is 2.59 bits per heavy atom. The Kier molecular flexibility index (Phi) is 5.77. The van der Waals surface area contributed by atoms with Crippen molar-refractivity contribution in [2.45, 2.75) is 19.6 Å². The molecule has 146 valence electrons. The van der Waals surface area contributed by atoms with Crippen molar-refractivity contribution in [2.24, 2.45) is 7.05 Å². The van der Waals surface area contributed by atoms with Crippen LogP contribution in [0.5, 0.6) is 5.75 Å². The summed E-state index contributed by atoms with van der Waals surface area (Å²) in [6.07, 6.45) is -4.48. The predicted molar refractivity (Wildman–Crippen MR) is 91.2 cm³/mol. The number of carbonyl (C=O) groups is 1. The van der Waals surface area contributed by atoms with Gasteiger partial charge in [0.1, 0.15) is 0 Å². The zero-order chi connectivity index (χ0) is 20.4. The minimum absolute atomic E-state index is 0.0155. The number of rotatable bonds is 6. The number of aromatic carboxylic acids is 1. The van der Waals surface area contributed by atoms with Gasteiger partial charge in [0.15, 0.2) is 5.69 Å². The van der Waals surface area contributed by atoms with E-state index in [1.165, 1.54) is 31.1 Å². The highest BCUT2D eigenvalue weighted by atomic mass is 19.4. The lowest BCUT2D eigenvalue weighted by molar-refractivity contribution is -0.137. The van der Waals surface area contributed by atoms with Crippen molar-refractivity contribution >= 4 is 11.9 Å². The Labute approximate surface area is 152 Å². The zero-order valence-corrected chi connectivity index (χ0v) is 14.9. The number of nitrogens with zero attached hydrogens (tertiary/aromatic N) is 3.